The molecule has 1 saturated carbocycles. The van der Waals surface area contributed by atoms with E-state index in [1.165, 1.54) is 103 Å². The van der Waals surface area contributed by atoms with E-state index in [9.17, 15) is 53.8 Å². The van der Waals surface area contributed by atoms with Gasteiger partial charge < -0.3 is 53.7 Å². The minimum atomic E-state index is -5.85. The van der Waals surface area contributed by atoms with Gasteiger partial charge in [0.2, 0.25) is 0 Å². The number of phosphoric acid groups is 2. The van der Waals surface area contributed by atoms with Crippen molar-refractivity contribution in [3.63, 3.8) is 0 Å². The van der Waals surface area contributed by atoms with Gasteiger partial charge >= 0.3 is 78.9 Å². The molecule has 1 aliphatic carbocycles. The third kappa shape index (κ3) is 33.2. The zero-order chi connectivity index (χ0) is 43.9. The van der Waals surface area contributed by atoms with Crippen molar-refractivity contribution in [2.24, 2.45) is 0 Å². The Balaban J connectivity index is 0. The molecule has 5 N–H and O–H groups in total. The fourth-order valence-corrected chi connectivity index (χ4v) is 8.66. The van der Waals surface area contributed by atoms with Gasteiger partial charge in [0.05, 0.1) is 14.4 Å². The summed E-state index contributed by atoms with van der Waals surface area (Å²) in [6, 6.07) is 0. The van der Waals surface area contributed by atoms with E-state index in [1.807, 2.05) is 0 Å². The van der Waals surface area contributed by atoms with Crippen molar-refractivity contribution in [2.45, 2.75) is 236 Å². The molecule has 0 spiro atoms. The number of ether oxygens (including phenoxy) is 2. The second-order valence-electron chi connectivity index (χ2n) is 16.1. The zero-order valence-corrected chi connectivity index (χ0v) is 43.7. The number of aliphatic hydroxyl groups is 4. The first-order valence-corrected chi connectivity index (χ1v) is 25.5. The number of phosphoric ester groups is 2. The number of aliphatic hydroxyl groups excluding tert-OH is 4. The van der Waals surface area contributed by atoms with Crippen LogP contribution in [0.15, 0.2) is 0 Å². The van der Waals surface area contributed by atoms with E-state index in [0.29, 0.717) is 12.8 Å². The summed E-state index contributed by atoms with van der Waals surface area (Å²) in [4.78, 5) is 58.0. The molecule has 8 atom stereocenters. The third-order valence-corrected chi connectivity index (χ3v) is 12.2. The summed E-state index contributed by atoms with van der Waals surface area (Å²) < 4.78 is 48.7. The normalized spacial score (nSPS) is 21.8. The Bertz CT molecular complexity index is 1180. The molecular formula is C41H78Na2O16P2. The minimum absolute atomic E-state index is 0. The maximum atomic E-state index is 12.9. The second-order valence-corrected chi connectivity index (χ2v) is 18.6. The van der Waals surface area contributed by atoms with Gasteiger partial charge in [0.1, 0.15) is 43.2 Å². The molecule has 0 aromatic carbocycles. The van der Waals surface area contributed by atoms with Gasteiger partial charge in [-0.25, -0.2) is 4.57 Å². The molecule has 1 aliphatic rings. The van der Waals surface area contributed by atoms with Crippen LogP contribution in [0.4, 0.5) is 0 Å². The first-order valence-electron chi connectivity index (χ1n) is 22.5. The van der Waals surface area contributed by atoms with Crippen LogP contribution in [-0.2, 0) is 41.8 Å². The molecule has 0 bridgehead atoms. The molecule has 20 heteroatoms. The van der Waals surface area contributed by atoms with E-state index in [1.54, 1.807) is 0 Å². The first-order chi connectivity index (χ1) is 28.1. The number of hydrogen-bond acceptors (Lipinski definition) is 15. The van der Waals surface area contributed by atoms with E-state index in [0.717, 1.165) is 51.4 Å². The fourth-order valence-electron chi connectivity index (χ4n) is 7.13. The van der Waals surface area contributed by atoms with Crippen LogP contribution in [0.3, 0.4) is 0 Å². The molecule has 1 unspecified atom stereocenters. The molecule has 0 aromatic heterocycles. The smallest absolute Gasteiger partial charge is 0.790 e. The average molecular weight is 935 g/mol. The van der Waals surface area contributed by atoms with Crippen molar-refractivity contribution in [1.29, 1.82) is 0 Å². The summed E-state index contributed by atoms with van der Waals surface area (Å²) in [5.41, 5.74) is 0. The molecule has 350 valence electrons. The minimum Gasteiger partial charge on any atom is -0.790 e. The topological polar surface area (TPSA) is 262 Å². The number of unbranched alkanes of at least 4 members (excludes halogenated alkanes) is 24. The predicted molar refractivity (Wildman–Crippen MR) is 219 cm³/mol. The number of rotatable bonds is 38. The SMILES string of the molecule is CCCCCCCCCCCCCCCC(=O)OC[C@H](COP(=O)(O)O[C@@H]1[C@H](O)[C@H](OP(=O)([O-])[O-])[C@@H](O)[C@H](O)[C@H]1O)OC(=O)CCCCCCCCCCCCCCC.[Na+].[Na+]. The van der Waals surface area contributed by atoms with Crippen LogP contribution in [-0.4, -0.2) is 93.2 Å². The Morgan fingerprint density at radius 3 is 1.23 bits per heavy atom. The van der Waals surface area contributed by atoms with Gasteiger partial charge in [0.15, 0.2) is 6.10 Å². The molecule has 1 fully saturated rings. The molecule has 61 heavy (non-hydrogen) atoms. The second kappa shape index (κ2) is 39.0. The van der Waals surface area contributed by atoms with Crippen molar-refractivity contribution in [3.05, 3.63) is 0 Å². The summed E-state index contributed by atoms with van der Waals surface area (Å²) in [6.07, 6.45) is 14.4. The van der Waals surface area contributed by atoms with E-state index in [-0.39, 0.29) is 72.0 Å². The van der Waals surface area contributed by atoms with Crippen LogP contribution in [0, 0.1) is 0 Å². The van der Waals surface area contributed by atoms with E-state index >= 15 is 0 Å². The number of esters is 2. The Morgan fingerprint density at radius 2 is 0.852 bits per heavy atom. The number of carbonyl (C=O) groups is 2. The van der Waals surface area contributed by atoms with Crippen LogP contribution < -0.4 is 68.9 Å². The molecular weight excluding hydrogens is 856 g/mol. The summed E-state index contributed by atoms with van der Waals surface area (Å²) in [7, 11) is -11.2. The molecule has 0 heterocycles. The summed E-state index contributed by atoms with van der Waals surface area (Å²) >= 11 is 0. The van der Waals surface area contributed by atoms with Crippen LogP contribution >= 0.6 is 15.6 Å². The Hall–Kier alpha value is 1.00. The molecule has 0 saturated heterocycles. The molecule has 0 radical (unpaired) electrons. The standard InChI is InChI=1S/C41H80O16P2.2Na/c1-3-5-7-9-11-13-15-17-19-21-23-25-27-29-34(42)53-31-33(55-35(43)30-28-26-24-22-20-18-16-14-12-10-8-6-4-2)32-54-59(51,52)57-41-38(46)36(44)37(45)40(39(41)47)56-58(48,49)50;;/h33,36-41,44-47H,3-32H2,1-2H3,(H,51,52)(H2,48,49,50);;/q;2*+1/p-2/t33-,36+,37+,38-,39-,40-,41+;;/m1../s1. The van der Waals surface area contributed by atoms with Gasteiger partial charge in [-0.05, 0) is 12.8 Å². The van der Waals surface area contributed by atoms with Crippen molar-refractivity contribution in [1.82, 2.24) is 0 Å². The van der Waals surface area contributed by atoms with Gasteiger partial charge in [0.25, 0.3) is 0 Å². The maximum absolute atomic E-state index is 12.9. The van der Waals surface area contributed by atoms with E-state index in [4.69, 9.17) is 18.5 Å². The number of carbonyl (C=O) groups excluding carboxylic acids is 2. The largest absolute Gasteiger partial charge is 1.00 e. The predicted octanol–water partition coefficient (Wildman–Crippen LogP) is 0.585. The van der Waals surface area contributed by atoms with Gasteiger partial charge in [-0.3, -0.25) is 18.6 Å². The van der Waals surface area contributed by atoms with Gasteiger partial charge in [-0.15, -0.1) is 0 Å². The fraction of sp³-hybridized carbons (Fsp3) is 0.951. The maximum Gasteiger partial charge on any atom is 1.00 e. The number of hydrogen-bond donors (Lipinski definition) is 5. The van der Waals surface area contributed by atoms with Crippen molar-refractivity contribution in [3.8, 4) is 0 Å². The van der Waals surface area contributed by atoms with E-state index < -0.39 is 83.5 Å². The van der Waals surface area contributed by atoms with Gasteiger partial charge in [-0.1, -0.05) is 168 Å². The molecule has 0 aliphatic heterocycles. The molecule has 0 aromatic rings. The molecule has 1 rings (SSSR count). The van der Waals surface area contributed by atoms with Crippen LogP contribution in [0.5, 0.6) is 0 Å². The van der Waals surface area contributed by atoms with Crippen LogP contribution in [0.1, 0.15) is 194 Å². The van der Waals surface area contributed by atoms with Crippen molar-refractivity contribution < 1.29 is 136 Å². The summed E-state index contributed by atoms with van der Waals surface area (Å²) in [5, 5.41) is 41.0. The Kier molecular flexibility index (Phi) is 41.0. The average Bonchev–Trinajstić information content (AvgIpc) is 3.18. The first kappa shape index (κ1) is 64.1. The van der Waals surface area contributed by atoms with Gasteiger partial charge in [0, 0.05) is 12.8 Å². The van der Waals surface area contributed by atoms with Crippen LogP contribution in [0.2, 0.25) is 0 Å². The zero-order valence-electron chi connectivity index (χ0n) is 37.9. The molecule has 16 nitrogen and oxygen atoms in total. The van der Waals surface area contributed by atoms with Crippen LogP contribution in [0.25, 0.3) is 0 Å². The van der Waals surface area contributed by atoms with Gasteiger partial charge in [-0.2, -0.15) is 0 Å². The van der Waals surface area contributed by atoms with E-state index in [2.05, 4.69) is 18.4 Å². The summed E-state index contributed by atoms with van der Waals surface area (Å²) in [6.45, 7) is 3.07. The Morgan fingerprint density at radius 1 is 0.508 bits per heavy atom. The third-order valence-electron chi connectivity index (χ3n) is 10.7. The monoisotopic (exact) mass is 934 g/mol. The quantitative estimate of drug-likeness (QED) is 0.0246. The Labute approximate surface area is 410 Å². The van der Waals surface area contributed by atoms with Crippen molar-refractivity contribution >= 4 is 27.6 Å². The molecule has 0 amide bonds. The van der Waals surface area contributed by atoms with Crippen molar-refractivity contribution in [2.75, 3.05) is 13.2 Å². The summed E-state index contributed by atoms with van der Waals surface area (Å²) in [5.74, 6) is -1.21.